The number of carbonyl (C=O) groups is 1. The zero-order chi connectivity index (χ0) is 20.5. The predicted molar refractivity (Wildman–Crippen MR) is 122 cm³/mol. The van der Waals surface area contributed by atoms with Crippen molar-refractivity contribution in [2.24, 2.45) is 11.8 Å². The number of allylic oxidation sites excluding steroid dienone is 1. The molecule has 3 rings (SSSR count). The van der Waals surface area contributed by atoms with E-state index < -0.39 is 0 Å². The van der Waals surface area contributed by atoms with E-state index in [4.69, 9.17) is 11.6 Å². The van der Waals surface area contributed by atoms with Crippen LogP contribution in [0.3, 0.4) is 0 Å². The summed E-state index contributed by atoms with van der Waals surface area (Å²) in [6, 6.07) is 6.38. The van der Waals surface area contributed by atoms with E-state index in [2.05, 4.69) is 22.5 Å². The monoisotopic (exact) mass is 417 g/mol. The van der Waals surface area contributed by atoms with Gasteiger partial charge in [0, 0.05) is 19.1 Å². The van der Waals surface area contributed by atoms with Gasteiger partial charge in [-0.25, -0.2) is 0 Å². The van der Waals surface area contributed by atoms with E-state index in [0.717, 1.165) is 62.8 Å². The van der Waals surface area contributed by atoms with E-state index in [1.807, 2.05) is 24.3 Å². The van der Waals surface area contributed by atoms with Crippen LogP contribution < -0.4 is 16.0 Å². The third kappa shape index (κ3) is 7.13. The van der Waals surface area contributed by atoms with Crippen molar-refractivity contribution in [2.75, 3.05) is 26.2 Å². The summed E-state index contributed by atoms with van der Waals surface area (Å²) >= 11 is 6.30. The fraction of sp³-hybridized carbons (Fsp3) is 0.625. The van der Waals surface area contributed by atoms with Gasteiger partial charge in [-0.1, -0.05) is 30.2 Å². The minimum atomic E-state index is -0.0549. The molecule has 5 heteroatoms. The van der Waals surface area contributed by atoms with Crippen LogP contribution in [0.2, 0.25) is 5.02 Å². The smallest absolute Gasteiger partial charge is 0.252 e. The van der Waals surface area contributed by atoms with E-state index in [1.54, 1.807) is 0 Å². The first kappa shape index (κ1) is 22.3. The fourth-order valence-corrected chi connectivity index (χ4v) is 4.93. The highest BCUT2D eigenvalue weighted by Gasteiger charge is 2.23. The molecule has 1 aliphatic heterocycles. The standard InChI is InChI=1S/C24H36ClN3O/c1-2-4-18-6-7-19(15-18)5-3-12-28-24(29)22-16-20(8-9-23(22)25)10-14-27-21-11-13-26-17-21/h2,8-9,16,18-19,21,26-27H,1,3-7,10-15,17H2,(H,28,29). The summed E-state index contributed by atoms with van der Waals surface area (Å²) in [5.74, 6) is 1.58. The van der Waals surface area contributed by atoms with E-state index >= 15 is 0 Å². The summed E-state index contributed by atoms with van der Waals surface area (Å²) < 4.78 is 0. The Labute approximate surface area is 180 Å². The third-order valence-electron chi connectivity index (χ3n) is 6.41. The Morgan fingerprint density at radius 2 is 2.10 bits per heavy atom. The highest BCUT2D eigenvalue weighted by molar-refractivity contribution is 6.33. The van der Waals surface area contributed by atoms with Crippen molar-refractivity contribution in [1.29, 1.82) is 0 Å². The van der Waals surface area contributed by atoms with Crippen molar-refractivity contribution >= 4 is 17.5 Å². The maximum absolute atomic E-state index is 12.6. The molecule has 1 aromatic rings. The molecule has 3 N–H and O–H groups in total. The lowest BCUT2D eigenvalue weighted by Crippen LogP contribution is -2.32. The van der Waals surface area contributed by atoms with Gasteiger partial charge in [0.15, 0.2) is 0 Å². The van der Waals surface area contributed by atoms with Crippen LogP contribution in [-0.4, -0.2) is 38.1 Å². The van der Waals surface area contributed by atoms with Gasteiger partial charge in [-0.2, -0.15) is 0 Å². The molecular formula is C24H36ClN3O. The van der Waals surface area contributed by atoms with Gasteiger partial charge in [0.25, 0.3) is 5.91 Å². The molecule has 2 aliphatic rings. The molecule has 1 amide bonds. The molecule has 160 valence electrons. The van der Waals surface area contributed by atoms with Crippen LogP contribution in [0.25, 0.3) is 0 Å². The molecule has 0 bridgehead atoms. The first-order valence-electron chi connectivity index (χ1n) is 11.3. The van der Waals surface area contributed by atoms with Crippen LogP contribution in [0.5, 0.6) is 0 Å². The van der Waals surface area contributed by atoms with Crippen molar-refractivity contribution < 1.29 is 4.79 Å². The number of hydrogen-bond donors (Lipinski definition) is 3. The summed E-state index contributed by atoms with van der Waals surface area (Å²) in [6.45, 7) is 7.64. The lowest BCUT2D eigenvalue weighted by molar-refractivity contribution is 0.0952. The first-order valence-corrected chi connectivity index (χ1v) is 11.6. The Morgan fingerprint density at radius 3 is 2.90 bits per heavy atom. The molecule has 2 fully saturated rings. The minimum Gasteiger partial charge on any atom is -0.352 e. The number of halogens is 1. The highest BCUT2D eigenvalue weighted by Crippen LogP contribution is 2.35. The van der Waals surface area contributed by atoms with Gasteiger partial charge in [0.2, 0.25) is 0 Å². The van der Waals surface area contributed by atoms with E-state index in [-0.39, 0.29) is 5.91 Å². The molecule has 3 unspecified atom stereocenters. The summed E-state index contributed by atoms with van der Waals surface area (Å²) in [5.41, 5.74) is 1.75. The van der Waals surface area contributed by atoms with Crippen LogP contribution in [0.15, 0.2) is 30.9 Å². The van der Waals surface area contributed by atoms with E-state index in [1.165, 1.54) is 32.1 Å². The molecule has 1 heterocycles. The number of hydrogen-bond acceptors (Lipinski definition) is 3. The molecule has 1 aromatic carbocycles. The average Bonchev–Trinajstić information content (AvgIpc) is 3.39. The van der Waals surface area contributed by atoms with Crippen LogP contribution in [0.1, 0.15) is 60.9 Å². The minimum absolute atomic E-state index is 0.0549. The Bertz CT molecular complexity index is 672. The molecule has 4 nitrogen and oxygen atoms in total. The molecule has 0 spiro atoms. The van der Waals surface area contributed by atoms with E-state index in [0.29, 0.717) is 16.6 Å². The van der Waals surface area contributed by atoms with Crippen molar-refractivity contribution in [3.05, 3.63) is 47.0 Å². The van der Waals surface area contributed by atoms with Crippen LogP contribution in [0, 0.1) is 11.8 Å². The Morgan fingerprint density at radius 1 is 1.24 bits per heavy atom. The van der Waals surface area contributed by atoms with Crippen LogP contribution >= 0.6 is 11.6 Å². The molecule has 3 atom stereocenters. The highest BCUT2D eigenvalue weighted by atomic mass is 35.5. The van der Waals surface area contributed by atoms with Gasteiger partial charge in [0.1, 0.15) is 0 Å². The number of benzene rings is 1. The topological polar surface area (TPSA) is 53.2 Å². The van der Waals surface area contributed by atoms with Crippen molar-refractivity contribution in [2.45, 2.75) is 57.4 Å². The molecule has 0 radical (unpaired) electrons. The maximum atomic E-state index is 12.6. The van der Waals surface area contributed by atoms with Crippen molar-refractivity contribution in [1.82, 2.24) is 16.0 Å². The summed E-state index contributed by atoms with van der Waals surface area (Å²) in [4.78, 5) is 12.6. The normalized spacial score (nSPS) is 24.0. The van der Waals surface area contributed by atoms with Crippen molar-refractivity contribution in [3.8, 4) is 0 Å². The summed E-state index contributed by atoms with van der Waals surface area (Å²) in [5, 5.41) is 10.5. The number of carbonyl (C=O) groups excluding carboxylic acids is 1. The molecular weight excluding hydrogens is 382 g/mol. The Kier molecular flexibility index (Phi) is 9.03. The quantitative estimate of drug-likeness (QED) is 0.371. The zero-order valence-electron chi connectivity index (χ0n) is 17.5. The van der Waals surface area contributed by atoms with Gasteiger partial charge < -0.3 is 16.0 Å². The maximum Gasteiger partial charge on any atom is 0.252 e. The van der Waals surface area contributed by atoms with Gasteiger partial charge in [-0.3, -0.25) is 4.79 Å². The fourth-order valence-electron chi connectivity index (χ4n) is 4.73. The Balaban J connectivity index is 1.38. The van der Waals surface area contributed by atoms with Gasteiger partial charge in [-0.05, 0) is 87.6 Å². The predicted octanol–water partition coefficient (Wildman–Crippen LogP) is 4.34. The van der Waals surface area contributed by atoms with Crippen LogP contribution in [0.4, 0.5) is 0 Å². The first-order chi connectivity index (χ1) is 14.2. The second-order valence-electron chi connectivity index (χ2n) is 8.68. The number of amides is 1. The third-order valence-corrected chi connectivity index (χ3v) is 6.74. The molecule has 0 aromatic heterocycles. The SMILES string of the molecule is C=CCC1CCC(CCCNC(=O)c2cc(CCNC3CCNC3)ccc2Cl)C1. The van der Waals surface area contributed by atoms with E-state index in [9.17, 15) is 4.79 Å². The Hall–Kier alpha value is -1.36. The second-order valence-corrected chi connectivity index (χ2v) is 9.08. The lowest BCUT2D eigenvalue weighted by atomic mass is 9.98. The zero-order valence-corrected chi connectivity index (χ0v) is 18.3. The van der Waals surface area contributed by atoms with Gasteiger partial charge in [0.05, 0.1) is 10.6 Å². The molecule has 1 saturated heterocycles. The summed E-state index contributed by atoms with van der Waals surface area (Å²) in [7, 11) is 0. The second kappa shape index (κ2) is 11.7. The lowest BCUT2D eigenvalue weighted by Gasteiger charge is -2.13. The van der Waals surface area contributed by atoms with Crippen molar-refractivity contribution in [3.63, 3.8) is 0 Å². The largest absolute Gasteiger partial charge is 0.352 e. The number of rotatable bonds is 11. The average molecular weight is 418 g/mol. The molecule has 1 aliphatic carbocycles. The number of nitrogens with one attached hydrogen (secondary N) is 3. The van der Waals surface area contributed by atoms with Gasteiger partial charge in [-0.15, -0.1) is 6.58 Å². The summed E-state index contributed by atoms with van der Waals surface area (Å²) in [6.07, 6.45) is 11.5. The molecule has 29 heavy (non-hydrogen) atoms. The van der Waals surface area contributed by atoms with Crippen LogP contribution in [-0.2, 0) is 6.42 Å². The molecule has 1 saturated carbocycles. The van der Waals surface area contributed by atoms with Gasteiger partial charge >= 0.3 is 0 Å².